The number of pyridine rings is 1. The van der Waals surface area contributed by atoms with E-state index in [-0.39, 0.29) is 0 Å². The second-order valence-electron chi connectivity index (χ2n) is 6.07. The fourth-order valence-electron chi connectivity index (χ4n) is 3.39. The quantitative estimate of drug-likeness (QED) is 0.767. The normalized spacial score (nSPS) is 13.2. The second kappa shape index (κ2) is 6.38. The lowest BCUT2D eigenvalue weighted by Gasteiger charge is -2.23. The molecular weight excluding hydrogens is 312 g/mol. The van der Waals surface area contributed by atoms with Crippen molar-refractivity contribution in [2.75, 3.05) is 12.3 Å². The Morgan fingerprint density at radius 1 is 1.28 bits per heavy atom. The van der Waals surface area contributed by atoms with Gasteiger partial charge in [0.25, 0.3) is 0 Å². The van der Waals surface area contributed by atoms with Crippen molar-refractivity contribution >= 4 is 5.82 Å². The Balaban J connectivity index is 1.93. The lowest BCUT2D eigenvalue weighted by molar-refractivity contribution is 0.632. The summed E-state index contributed by atoms with van der Waals surface area (Å²) in [7, 11) is 0. The van der Waals surface area contributed by atoms with Crippen molar-refractivity contribution in [1.29, 1.82) is 5.26 Å². The number of nitrogens with zero attached hydrogens (tertiary/aromatic N) is 4. The molecule has 4 rings (SSSR count). The van der Waals surface area contributed by atoms with E-state index >= 15 is 0 Å². The van der Waals surface area contributed by atoms with Crippen LogP contribution in [-0.2, 0) is 19.5 Å². The Labute approximate surface area is 145 Å². The molecular formula is C19H18N6. The standard InChI is InChI=1S/C19H18N6/c20-10-15-18(16-11-22-8-6-17(16)24-19(15)21)14-5-2-1-4-13(14)12-25-9-3-7-23-25/h1-5,7,9,22H,6,8,11-12H2,(H2,21,24). The van der Waals surface area contributed by atoms with E-state index in [4.69, 9.17) is 5.73 Å². The monoisotopic (exact) mass is 330 g/mol. The molecule has 6 heteroatoms. The van der Waals surface area contributed by atoms with Crippen LogP contribution in [0.2, 0.25) is 0 Å². The smallest absolute Gasteiger partial charge is 0.142 e. The van der Waals surface area contributed by atoms with Gasteiger partial charge in [-0.05, 0) is 22.8 Å². The zero-order valence-corrected chi connectivity index (χ0v) is 13.7. The van der Waals surface area contributed by atoms with Crippen molar-refractivity contribution < 1.29 is 0 Å². The van der Waals surface area contributed by atoms with E-state index in [0.717, 1.165) is 40.9 Å². The maximum Gasteiger partial charge on any atom is 0.142 e. The molecule has 0 saturated heterocycles. The molecule has 3 N–H and O–H groups in total. The fourth-order valence-corrected chi connectivity index (χ4v) is 3.39. The van der Waals surface area contributed by atoms with Gasteiger partial charge in [0.2, 0.25) is 0 Å². The van der Waals surface area contributed by atoms with Gasteiger partial charge in [-0.25, -0.2) is 4.98 Å². The number of nitriles is 1. The summed E-state index contributed by atoms with van der Waals surface area (Å²) in [5, 5.41) is 17.4. The number of hydrogen-bond acceptors (Lipinski definition) is 5. The highest BCUT2D eigenvalue weighted by Crippen LogP contribution is 2.35. The van der Waals surface area contributed by atoms with Crippen molar-refractivity contribution in [3.63, 3.8) is 0 Å². The molecule has 0 saturated carbocycles. The molecule has 0 atom stereocenters. The van der Waals surface area contributed by atoms with Crippen LogP contribution in [-0.4, -0.2) is 21.3 Å². The molecule has 0 spiro atoms. The van der Waals surface area contributed by atoms with Crippen LogP contribution in [0.1, 0.15) is 22.4 Å². The maximum absolute atomic E-state index is 9.70. The van der Waals surface area contributed by atoms with Gasteiger partial charge < -0.3 is 11.1 Å². The maximum atomic E-state index is 9.70. The van der Waals surface area contributed by atoms with Crippen molar-refractivity contribution in [2.45, 2.75) is 19.5 Å². The first-order valence-corrected chi connectivity index (χ1v) is 8.25. The molecule has 0 fully saturated rings. The topological polar surface area (TPSA) is 92.5 Å². The van der Waals surface area contributed by atoms with E-state index in [1.165, 1.54) is 0 Å². The third-order valence-corrected chi connectivity index (χ3v) is 4.54. The van der Waals surface area contributed by atoms with Crippen LogP contribution in [0, 0.1) is 11.3 Å². The summed E-state index contributed by atoms with van der Waals surface area (Å²) in [6, 6.07) is 12.3. The number of hydrogen-bond donors (Lipinski definition) is 2. The first kappa shape index (κ1) is 15.4. The highest BCUT2D eigenvalue weighted by Gasteiger charge is 2.23. The van der Waals surface area contributed by atoms with Crippen LogP contribution in [0.5, 0.6) is 0 Å². The van der Waals surface area contributed by atoms with Gasteiger partial charge in [0.05, 0.1) is 6.54 Å². The number of fused-ring (bicyclic) bond motifs is 1. The van der Waals surface area contributed by atoms with Crippen LogP contribution in [0.15, 0.2) is 42.7 Å². The fraction of sp³-hybridized carbons (Fsp3) is 0.211. The average Bonchev–Trinajstić information content (AvgIpc) is 3.14. The van der Waals surface area contributed by atoms with Gasteiger partial charge in [-0.1, -0.05) is 24.3 Å². The van der Waals surface area contributed by atoms with Gasteiger partial charge in [-0.2, -0.15) is 10.4 Å². The zero-order valence-electron chi connectivity index (χ0n) is 13.7. The first-order valence-electron chi connectivity index (χ1n) is 8.25. The lowest BCUT2D eigenvalue weighted by Crippen LogP contribution is -2.26. The van der Waals surface area contributed by atoms with Gasteiger partial charge in [-0.15, -0.1) is 0 Å². The van der Waals surface area contributed by atoms with Crippen molar-refractivity contribution in [3.8, 4) is 17.2 Å². The third-order valence-electron chi connectivity index (χ3n) is 4.54. The molecule has 6 nitrogen and oxygen atoms in total. The highest BCUT2D eigenvalue weighted by molar-refractivity contribution is 5.81. The molecule has 25 heavy (non-hydrogen) atoms. The molecule has 3 aromatic rings. The molecule has 2 aromatic heterocycles. The third kappa shape index (κ3) is 2.75. The number of benzene rings is 1. The minimum atomic E-state index is 0.312. The Hall–Kier alpha value is -3.17. The van der Waals surface area contributed by atoms with E-state index in [1.54, 1.807) is 6.20 Å². The number of aromatic nitrogens is 3. The van der Waals surface area contributed by atoms with E-state index in [1.807, 2.05) is 35.1 Å². The summed E-state index contributed by atoms with van der Waals surface area (Å²) in [6.45, 7) is 2.21. The summed E-state index contributed by atoms with van der Waals surface area (Å²) in [4.78, 5) is 4.47. The van der Waals surface area contributed by atoms with Gasteiger partial charge in [-0.3, -0.25) is 4.68 Å². The number of nitrogens with one attached hydrogen (secondary N) is 1. The van der Waals surface area contributed by atoms with E-state index in [0.29, 0.717) is 24.5 Å². The predicted molar refractivity (Wildman–Crippen MR) is 95.5 cm³/mol. The van der Waals surface area contributed by atoms with E-state index < -0.39 is 0 Å². The Bertz CT molecular complexity index is 953. The minimum absolute atomic E-state index is 0.312. The summed E-state index contributed by atoms with van der Waals surface area (Å²) >= 11 is 0. The van der Waals surface area contributed by atoms with Gasteiger partial charge in [0.1, 0.15) is 17.5 Å². The molecule has 0 unspecified atom stereocenters. The number of nitrogens with two attached hydrogens (primary N) is 1. The number of rotatable bonds is 3. The molecule has 0 bridgehead atoms. The molecule has 0 aliphatic carbocycles. The first-order chi connectivity index (χ1) is 12.3. The van der Waals surface area contributed by atoms with Crippen molar-refractivity contribution in [2.24, 2.45) is 0 Å². The van der Waals surface area contributed by atoms with Crippen LogP contribution in [0.25, 0.3) is 11.1 Å². The molecule has 3 heterocycles. The molecule has 124 valence electrons. The number of anilines is 1. The Morgan fingerprint density at radius 2 is 2.16 bits per heavy atom. The van der Waals surface area contributed by atoms with E-state index in [9.17, 15) is 5.26 Å². The van der Waals surface area contributed by atoms with Gasteiger partial charge in [0, 0.05) is 43.2 Å². The highest BCUT2D eigenvalue weighted by atomic mass is 15.3. The van der Waals surface area contributed by atoms with Crippen molar-refractivity contribution in [3.05, 3.63) is 65.1 Å². The summed E-state index contributed by atoms with van der Waals surface area (Å²) in [5.41, 5.74) is 11.6. The summed E-state index contributed by atoms with van der Waals surface area (Å²) in [5.74, 6) is 0.312. The molecule has 1 aliphatic heterocycles. The van der Waals surface area contributed by atoms with Gasteiger partial charge >= 0.3 is 0 Å². The minimum Gasteiger partial charge on any atom is -0.383 e. The van der Waals surface area contributed by atoms with Crippen LogP contribution < -0.4 is 11.1 Å². The van der Waals surface area contributed by atoms with Crippen LogP contribution in [0.3, 0.4) is 0 Å². The lowest BCUT2D eigenvalue weighted by atomic mass is 9.89. The summed E-state index contributed by atoms with van der Waals surface area (Å²) in [6.07, 6.45) is 4.51. The Morgan fingerprint density at radius 3 is 2.96 bits per heavy atom. The number of nitrogen functional groups attached to an aromatic ring is 1. The SMILES string of the molecule is N#Cc1c(N)nc2c(c1-c1ccccc1Cn1cccn1)CNCC2. The summed E-state index contributed by atoms with van der Waals surface area (Å²) < 4.78 is 1.88. The zero-order chi connectivity index (χ0) is 17.2. The Kier molecular flexibility index (Phi) is 3.92. The molecule has 1 aromatic carbocycles. The van der Waals surface area contributed by atoms with E-state index in [2.05, 4.69) is 27.5 Å². The second-order valence-corrected chi connectivity index (χ2v) is 6.07. The predicted octanol–water partition coefficient (Wildman–Crippen LogP) is 2.09. The van der Waals surface area contributed by atoms with Crippen LogP contribution >= 0.6 is 0 Å². The van der Waals surface area contributed by atoms with Crippen molar-refractivity contribution in [1.82, 2.24) is 20.1 Å². The van der Waals surface area contributed by atoms with Crippen LogP contribution in [0.4, 0.5) is 5.82 Å². The molecule has 1 aliphatic rings. The average molecular weight is 330 g/mol. The largest absolute Gasteiger partial charge is 0.383 e. The molecule has 0 radical (unpaired) electrons. The molecule has 0 amide bonds. The van der Waals surface area contributed by atoms with Gasteiger partial charge in [0.15, 0.2) is 0 Å².